The number of amides is 2. The number of likely N-dealkylation sites (N-methyl/N-ethyl adjacent to an activating group) is 1. The molecule has 1 aromatic heterocycles. The predicted molar refractivity (Wildman–Crippen MR) is 81.2 cm³/mol. The van der Waals surface area contributed by atoms with Crippen LogP contribution in [0.4, 0.5) is 9.59 Å². The molecule has 0 spiro atoms. The van der Waals surface area contributed by atoms with Gasteiger partial charge in [0.1, 0.15) is 5.60 Å². The molecule has 0 bridgehead atoms. The smallest absolute Gasteiger partial charge is 0.432 e. The Balaban J connectivity index is 2.47. The summed E-state index contributed by atoms with van der Waals surface area (Å²) in [5.74, 6) is -0.840. The molecule has 0 aliphatic heterocycles. The quantitative estimate of drug-likeness (QED) is 0.767. The predicted octanol–water partition coefficient (Wildman–Crippen LogP) is 1.29. The largest absolute Gasteiger partial charge is 0.492 e. The molecule has 1 heterocycles. The molecule has 0 aromatic carbocycles. The molecule has 0 saturated carbocycles. The molecule has 23 heavy (non-hydrogen) atoms. The Hall–Kier alpha value is -2.58. The van der Waals surface area contributed by atoms with Crippen molar-refractivity contribution < 1.29 is 29.4 Å². The van der Waals surface area contributed by atoms with Crippen molar-refractivity contribution in [2.45, 2.75) is 39.3 Å². The highest BCUT2D eigenvalue weighted by Crippen LogP contribution is 2.18. The number of aromatic hydroxyl groups is 2. The molecule has 3 N–H and O–H groups in total. The van der Waals surface area contributed by atoms with Crippen LogP contribution >= 0.6 is 0 Å². The maximum absolute atomic E-state index is 11.9. The molecule has 1 aromatic rings. The van der Waals surface area contributed by atoms with Crippen molar-refractivity contribution >= 4 is 12.2 Å². The molecule has 2 amide bonds. The molecule has 9 heteroatoms. The zero-order chi connectivity index (χ0) is 17.8. The van der Waals surface area contributed by atoms with Gasteiger partial charge in [0.2, 0.25) is 11.8 Å². The van der Waals surface area contributed by atoms with Gasteiger partial charge in [-0.1, -0.05) is 0 Å². The van der Waals surface area contributed by atoms with Crippen molar-refractivity contribution in [3.63, 3.8) is 0 Å². The zero-order valence-electron chi connectivity index (χ0n) is 13.9. The minimum Gasteiger partial charge on any atom is -0.492 e. The van der Waals surface area contributed by atoms with Crippen LogP contribution < -0.4 is 10.2 Å². The maximum Gasteiger partial charge on any atom is 0.432 e. The highest BCUT2D eigenvalue weighted by Gasteiger charge is 2.23. The Morgan fingerprint density at radius 3 is 2.30 bits per heavy atom. The van der Waals surface area contributed by atoms with Crippen molar-refractivity contribution in [3.05, 3.63) is 12.1 Å². The second-order valence-corrected chi connectivity index (χ2v) is 6.04. The molecule has 0 saturated heterocycles. The second-order valence-electron chi connectivity index (χ2n) is 6.04. The van der Waals surface area contributed by atoms with Crippen LogP contribution in [0.1, 0.15) is 27.7 Å². The first kappa shape index (κ1) is 18.5. The molecule has 0 aliphatic carbocycles. The number of nitrogens with zero attached hydrogens (tertiary/aromatic N) is 2. The fraction of sp³-hybridized carbons (Fsp3) is 0.571. The average molecular weight is 329 g/mol. The maximum atomic E-state index is 11.9. The second kappa shape index (κ2) is 7.12. The van der Waals surface area contributed by atoms with Gasteiger partial charge in [0, 0.05) is 31.8 Å². The van der Waals surface area contributed by atoms with E-state index in [0.717, 1.165) is 0 Å². The van der Waals surface area contributed by atoms with E-state index in [1.165, 1.54) is 17.0 Å². The van der Waals surface area contributed by atoms with Crippen LogP contribution in [0, 0.1) is 0 Å². The molecule has 0 aliphatic rings. The van der Waals surface area contributed by atoms with Crippen LogP contribution in [-0.2, 0) is 4.74 Å². The fourth-order valence-corrected chi connectivity index (χ4v) is 1.49. The molecule has 9 nitrogen and oxygen atoms in total. The third-order valence-electron chi connectivity index (χ3n) is 2.86. The number of hydrogen-bond donors (Lipinski definition) is 3. The van der Waals surface area contributed by atoms with Gasteiger partial charge in [0.25, 0.3) is 0 Å². The van der Waals surface area contributed by atoms with Crippen LogP contribution in [0.25, 0.3) is 0 Å². The standard InChI is InChI=1S/C14H23N3O6/c1-9(16(5)13(21)22-14(2,3)4)8-15-12(20)23-17-10(18)6-7-11(17)19/h6-7,9,18-19H,8H2,1-5H3,(H,15,20). The lowest BCUT2D eigenvalue weighted by Gasteiger charge is -2.28. The Labute approximate surface area is 134 Å². The Morgan fingerprint density at radius 1 is 1.30 bits per heavy atom. The van der Waals surface area contributed by atoms with Crippen molar-refractivity contribution in [1.29, 1.82) is 0 Å². The van der Waals surface area contributed by atoms with Crippen molar-refractivity contribution in [3.8, 4) is 11.8 Å². The van der Waals surface area contributed by atoms with E-state index in [-0.39, 0.29) is 12.6 Å². The van der Waals surface area contributed by atoms with E-state index in [1.807, 2.05) is 0 Å². The number of hydrogen-bond acceptors (Lipinski definition) is 6. The van der Waals surface area contributed by atoms with Crippen LogP contribution in [0.5, 0.6) is 11.8 Å². The third kappa shape index (κ3) is 5.61. The molecule has 130 valence electrons. The van der Waals surface area contributed by atoms with Gasteiger partial charge >= 0.3 is 12.2 Å². The fourth-order valence-electron chi connectivity index (χ4n) is 1.49. The van der Waals surface area contributed by atoms with E-state index in [9.17, 15) is 19.8 Å². The van der Waals surface area contributed by atoms with Crippen LogP contribution in [0.15, 0.2) is 12.1 Å². The molecule has 1 atom stereocenters. The molecular formula is C14H23N3O6. The van der Waals surface area contributed by atoms with Crippen LogP contribution in [0.3, 0.4) is 0 Å². The molecular weight excluding hydrogens is 306 g/mol. The van der Waals surface area contributed by atoms with Gasteiger partial charge in [-0.2, -0.15) is 0 Å². The monoisotopic (exact) mass is 329 g/mol. The van der Waals surface area contributed by atoms with Gasteiger partial charge in [-0.3, -0.25) is 0 Å². The number of ether oxygens (including phenoxy) is 1. The van der Waals surface area contributed by atoms with Gasteiger partial charge in [-0.25, -0.2) is 9.59 Å². The molecule has 1 rings (SSSR count). The number of rotatable bonds is 4. The number of aromatic nitrogens is 1. The average Bonchev–Trinajstić information content (AvgIpc) is 2.73. The van der Waals surface area contributed by atoms with E-state index >= 15 is 0 Å². The first-order valence-corrected chi connectivity index (χ1v) is 7.03. The molecule has 0 fully saturated rings. The van der Waals surface area contributed by atoms with Gasteiger partial charge in [-0.15, -0.1) is 4.73 Å². The first-order valence-electron chi connectivity index (χ1n) is 7.03. The van der Waals surface area contributed by atoms with Gasteiger partial charge < -0.3 is 30.0 Å². The van der Waals surface area contributed by atoms with Gasteiger partial charge in [-0.05, 0) is 27.7 Å². The summed E-state index contributed by atoms with van der Waals surface area (Å²) >= 11 is 0. The van der Waals surface area contributed by atoms with Crippen molar-refractivity contribution in [2.24, 2.45) is 0 Å². The van der Waals surface area contributed by atoms with E-state index in [1.54, 1.807) is 34.7 Å². The summed E-state index contributed by atoms with van der Waals surface area (Å²) in [5.41, 5.74) is -0.610. The molecule has 1 unspecified atom stereocenters. The van der Waals surface area contributed by atoms with Crippen LogP contribution in [0.2, 0.25) is 0 Å². The van der Waals surface area contributed by atoms with Crippen molar-refractivity contribution in [1.82, 2.24) is 14.9 Å². The van der Waals surface area contributed by atoms with E-state index < -0.39 is 29.5 Å². The lowest BCUT2D eigenvalue weighted by atomic mass is 10.2. The van der Waals surface area contributed by atoms with Crippen LogP contribution in [-0.4, -0.2) is 57.3 Å². The summed E-state index contributed by atoms with van der Waals surface area (Å²) < 4.78 is 5.78. The highest BCUT2D eigenvalue weighted by atomic mass is 16.7. The summed E-state index contributed by atoms with van der Waals surface area (Å²) in [6, 6.07) is 1.98. The highest BCUT2D eigenvalue weighted by molar-refractivity contribution is 5.69. The zero-order valence-corrected chi connectivity index (χ0v) is 13.9. The minimum atomic E-state index is -0.892. The number of nitrogens with one attached hydrogen (secondary N) is 1. The summed E-state index contributed by atoms with van der Waals surface area (Å²) in [5, 5.41) is 21.1. The third-order valence-corrected chi connectivity index (χ3v) is 2.86. The number of carbonyl (C=O) groups is 2. The van der Waals surface area contributed by atoms with Gasteiger partial charge in [0.05, 0.1) is 0 Å². The van der Waals surface area contributed by atoms with E-state index in [0.29, 0.717) is 4.73 Å². The van der Waals surface area contributed by atoms with Crippen molar-refractivity contribution in [2.75, 3.05) is 13.6 Å². The lowest BCUT2D eigenvalue weighted by Crippen LogP contribution is -2.46. The van der Waals surface area contributed by atoms with Gasteiger partial charge in [0.15, 0.2) is 0 Å². The van der Waals surface area contributed by atoms with E-state index in [4.69, 9.17) is 9.57 Å². The summed E-state index contributed by atoms with van der Waals surface area (Å²) in [6.07, 6.45) is -1.41. The summed E-state index contributed by atoms with van der Waals surface area (Å²) in [4.78, 5) is 29.6. The summed E-state index contributed by atoms with van der Waals surface area (Å²) in [6.45, 7) is 7.09. The Bertz CT molecular complexity index is 544. The lowest BCUT2D eigenvalue weighted by molar-refractivity contribution is 0.0233. The van der Waals surface area contributed by atoms with E-state index in [2.05, 4.69) is 5.32 Å². The summed E-state index contributed by atoms with van der Waals surface area (Å²) in [7, 11) is 1.55. The Kier molecular flexibility index (Phi) is 5.72. The first-order chi connectivity index (χ1) is 10.5. The number of carbonyl (C=O) groups excluding carboxylic acids is 2. The SMILES string of the molecule is CC(CNC(=O)On1c(O)ccc1O)N(C)C(=O)OC(C)(C)C. The minimum absolute atomic E-state index is 0.0946. The molecule has 0 radical (unpaired) electrons. The topological polar surface area (TPSA) is 113 Å². The normalized spacial score (nSPS) is 12.4. The Morgan fingerprint density at radius 2 is 1.83 bits per heavy atom.